The highest BCUT2D eigenvalue weighted by Crippen LogP contribution is 2.13. The second-order valence-corrected chi connectivity index (χ2v) is 5.51. The number of carbonyl (C=O) groups excluding carboxylic acids is 1. The average Bonchev–Trinajstić information content (AvgIpc) is 2.60. The Balaban J connectivity index is 1.88. The monoisotopic (exact) mass is 340 g/mol. The van der Waals surface area contributed by atoms with E-state index in [4.69, 9.17) is 11.6 Å². The first-order valence-electron chi connectivity index (χ1n) is 7.11. The molecule has 0 aliphatic heterocycles. The van der Waals surface area contributed by atoms with Gasteiger partial charge in [-0.3, -0.25) is 9.59 Å². The van der Waals surface area contributed by atoms with Gasteiger partial charge in [0.15, 0.2) is 5.69 Å². The largest absolute Gasteiger partial charge is 0.292 e. The van der Waals surface area contributed by atoms with Gasteiger partial charge in [-0.05, 0) is 23.8 Å². The van der Waals surface area contributed by atoms with Gasteiger partial charge in [-0.25, -0.2) is 10.1 Å². The number of aryl methyl sites for hydroxylation is 1. The standard InChI is InChI=1S/C17H13ClN4O2/c1-22-17(24)14-5-3-2-4-13(14)15(21-22)16(23)20-19-10-11-6-8-12(18)9-7-11/h2-10H,1H3,(H,20,23)/b19-10+. The number of fused-ring (bicyclic) bond motifs is 1. The Labute approximate surface area is 142 Å². The third kappa shape index (κ3) is 3.18. The number of benzene rings is 2. The molecule has 0 spiro atoms. The number of rotatable bonds is 3. The molecule has 0 saturated heterocycles. The maximum absolute atomic E-state index is 12.3. The minimum absolute atomic E-state index is 0.140. The van der Waals surface area contributed by atoms with Crippen molar-refractivity contribution >= 4 is 34.5 Å². The summed E-state index contributed by atoms with van der Waals surface area (Å²) in [5.41, 5.74) is 3.09. The van der Waals surface area contributed by atoms with Gasteiger partial charge < -0.3 is 0 Å². The van der Waals surface area contributed by atoms with E-state index in [0.717, 1.165) is 10.2 Å². The van der Waals surface area contributed by atoms with Crippen LogP contribution in [0.2, 0.25) is 5.02 Å². The van der Waals surface area contributed by atoms with Gasteiger partial charge in [-0.2, -0.15) is 10.2 Å². The van der Waals surface area contributed by atoms with E-state index < -0.39 is 5.91 Å². The maximum Gasteiger partial charge on any atom is 0.292 e. The lowest BCUT2D eigenvalue weighted by Crippen LogP contribution is -2.27. The number of nitrogens with zero attached hydrogens (tertiary/aromatic N) is 3. The maximum atomic E-state index is 12.3. The first-order chi connectivity index (χ1) is 11.6. The quantitative estimate of drug-likeness (QED) is 0.587. The number of aromatic nitrogens is 2. The van der Waals surface area contributed by atoms with Crippen LogP contribution in [0.25, 0.3) is 10.8 Å². The van der Waals surface area contributed by atoms with Crippen molar-refractivity contribution in [1.29, 1.82) is 0 Å². The van der Waals surface area contributed by atoms with Crippen LogP contribution in [0.5, 0.6) is 0 Å². The van der Waals surface area contributed by atoms with E-state index >= 15 is 0 Å². The fraction of sp³-hybridized carbons (Fsp3) is 0.0588. The van der Waals surface area contributed by atoms with Crippen molar-refractivity contribution in [2.45, 2.75) is 0 Å². The van der Waals surface area contributed by atoms with Gasteiger partial charge >= 0.3 is 0 Å². The molecule has 2 aromatic carbocycles. The summed E-state index contributed by atoms with van der Waals surface area (Å²) in [5, 5.41) is 9.49. The fourth-order valence-corrected chi connectivity index (χ4v) is 2.36. The van der Waals surface area contributed by atoms with E-state index in [9.17, 15) is 9.59 Å². The minimum Gasteiger partial charge on any atom is -0.267 e. The van der Waals surface area contributed by atoms with Crippen LogP contribution >= 0.6 is 11.6 Å². The summed E-state index contributed by atoms with van der Waals surface area (Å²) in [6.07, 6.45) is 1.50. The highest BCUT2D eigenvalue weighted by atomic mass is 35.5. The molecule has 7 heteroatoms. The first-order valence-corrected chi connectivity index (χ1v) is 7.49. The predicted octanol–water partition coefficient (Wildman–Crippen LogP) is 2.35. The molecule has 0 unspecified atom stereocenters. The number of hydrogen-bond acceptors (Lipinski definition) is 4. The number of hydrazone groups is 1. The summed E-state index contributed by atoms with van der Waals surface area (Å²) >= 11 is 5.81. The van der Waals surface area contributed by atoms with Gasteiger partial charge in [0.1, 0.15) is 0 Å². The third-order valence-electron chi connectivity index (χ3n) is 3.42. The Hall–Kier alpha value is -2.99. The van der Waals surface area contributed by atoms with Gasteiger partial charge in [-0.15, -0.1) is 0 Å². The highest BCUT2D eigenvalue weighted by Gasteiger charge is 2.14. The molecule has 3 rings (SSSR count). The van der Waals surface area contributed by atoms with E-state index in [1.165, 1.54) is 13.3 Å². The van der Waals surface area contributed by atoms with Crippen molar-refractivity contribution in [2.75, 3.05) is 0 Å². The molecule has 0 radical (unpaired) electrons. The van der Waals surface area contributed by atoms with Crippen molar-refractivity contribution in [3.05, 3.63) is 75.2 Å². The molecule has 1 aromatic heterocycles. The van der Waals surface area contributed by atoms with Crippen LogP contribution in [0.3, 0.4) is 0 Å². The summed E-state index contributed by atoms with van der Waals surface area (Å²) in [6.45, 7) is 0. The zero-order valence-corrected chi connectivity index (χ0v) is 13.5. The summed E-state index contributed by atoms with van der Waals surface area (Å²) in [5.74, 6) is -0.494. The smallest absolute Gasteiger partial charge is 0.267 e. The average molecular weight is 341 g/mol. The van der Waals surface area contributed by atoms with Crippen LogP contribution < -0.4 is 11.0 Å². The van der Waals surface area contributed by atoms with Gasteiger partial charge in [0, 0.05) is 17.5 Å². The molecule has 0 atom stereocenters. The summed E-state index contributed by atoms with van der Waals surface area (Å²) in [4.78, 5) is 24.4. The molecular formula is C17H13ClN4O2. The van der Waals surface area contributed by atoms with Gasteiger partial charge in [0.2, 0.25) is 0 Å². The number of nitrogens with one attached hydrogen (secondary N) is 1. The zero-order valence-electron chi connectivity index (χ0n) is 12.7. The molecule has 1 amide bonds. The Bertz CT molecular complexity index is 994. The fourth-order valence-electron chi connectivity index (χ4n) is 2.23. The molecule has 1 heterocycles. The lowest BCUT2D eigenvalue weighted by molar-refractivity contribution is 0.0950. The van der Waals surface area contributed by atoms with Crippen LogP contribution in [0.15, 0.2) is 58.4 Å². The van der Waals surface area contributed by atoms with Crippen molar-refractivity contribution in [3.63, 3.8) is 0 Å². The van der Waals surface area contributed by atoms with Crippen LogP contribution in [-0.4, -0.2) is 21.9 Å². The number of halogens is 1. The van der Waals surface area contributed by atoms with Gasteiger partial charge in [-0.1, -0.05) is 41.9 Å². The summed E-state index contributed by atoms with van der Waals surface area (Å²) in [6, 6.07) is 13.8. The Morgan fingerprint density at radius 3 is 2.54 bits per heavy atom. The topological polar surface area (TPSA) is 76.3 Å². The van der Waals surface area contributed by atoms with E-state index in [1.807, 2.05) is 0 Å². The molecule has 120 valence electrons. The molecule has 0 bridgehead atoms. The molecule has 0 aliphatic carbocycles. The van der Waals surface area contributed by atoms with Crippen molar-refractivity contribution in [3.8, 4) is 0 Å². The SMILES string of the molecule is Cn1nc(C(=O)N/N=C/c2ccc(Cl)cc2)c2ccccc2c1=O. The van der Waals surface area contributed by atoms with E-state index in [0.29, 0.717) is 15.8 Å². The molecule has 0 fully saturated rings. The van der Waals surface area contributed by atoms with Crippen LogP contribution in [0, 0.1) is 0 Å². The second-order valence-electron chi connectivity index (χ2n) is 5.07. The van der Waals surface area contributed by atoms with Crippen molar-refractivity contribution < 1.29 is 4.79 Å². The molecule has 0 aliphatic rings. The van der Waals surface area contributed by atoms with Crippen LogP contribution in [-0.2, 0) is 7.05 Å². The number of amides is 1. The Morgan fingerprint density at radius 2 is 1.83 bits per heavy atom. The van der Waals surface area contributed by atoms with Crippen molar-refractivity contribution in [2.24, 2.45) is 12.1 Å². The molecule has 0 saturated carbocycles. The second kappa shape index (κ2) is 6.64. The first kappa shape index (κ1) is 15.9. The zero-order chi connectivity index (χ0) is 17.1. The van der Waals surface area contributed by atoms with Crippen molar-refractivity contribution in [1.82, 2.24) is 15.2 Å². The lowest BCUT2D eigenvalue weighted by Gasteiger charge is -2.06. The molecule has 6 nitrogen and oxygen atoms in total. The number of hydrogen-bond donors (Lipinski definition) is 1. The molecule has 1 N–H and O–H groups in total. The summed E-state index contributed by atoms with van der Waals surface area (Å²) < 4.78 is 1.14. The highest BCUT2D eigenvalue weighted by molar-refractivity contribution is 6.30. The summed E-state index contributed by atoms with van der Waals surface area (Å²) in [7, 11) is 1.50. The van der Waals surface area contributed by atoms with Crippen LogP contribution in [0.4, 0.5) is 0 Å². The molecule has 3 aromatic rings. The normalized spacial score (nSPS) is 11.1. The van der Waals surface area contributed by atoms with E-state index in [1.54, 1.807) is 48.5 Å². The van der Waals surface area contributed by atoms with Gasteiger partial charge in [0.05, 0.1) is 11.6 Å². The molecule has 24 heavy (non-hydrogen) atoms. The predicted molar refractivity (Wildman–Crippen MR) is 93.5 cm³/mol. The molecular weight excluding hydrogens is 328 g/mol. The van der Waals surface area contributed by atoms with E-state index in [2.05, 4.69) is 15.6 Å². The third-order valence-corrected chi connectivity index (χ3v) is 3.67. The lowest BCUT2D eigenvalue weighted by atomic mass is 10.1. The minimum atomic E-state index is -0.494. The Morgan fingerprint density at radius 1 is 1.17 bits per heavy atom. The number of carbonyl (C=O) groups is 1. The van der Waals surface area contributed by atoms with Gasteiger partial charge in [0.25, 0.3) is 11.5 Å². The van der Waals surface area contributed by atoms with Crippen LogP contribution in [0.1, 0.15) is 16.1 Å². The van der Waals surface area contributed by atoms with E-state index in [-0.39, 0.29) is 11.3 Å². The Kier molecular flexibility index (Phi) is 4.39.